The Bertz CT molecular complexity index is 1300. The van der Waals surface area contributed by atoms with Gasteiger partial charge in [-0.15, -0.1) is 10.2 Å². The molecule has 1 aromatic heterocycles. The smallest absolute Gasteiger partial charge is 0.272 e. The number of benzene rings is 3. The zero-order valence-corrected chi connectivity index (χ0v) is 19.0. The first-order chi connectivity index (χ1) is 16.6. The molecule has 4 aromatic rings. The van der Waals surface area contributed by atoms with Crippen LogP contribution in [0.5, 0.6) is 0 Å². The number of piperazine rings is 1. The van der Waals surface area contributed by atoms with Gasteiger partial charge in [-0.25, -0.2) is 4.39 Å². The highest BCUT2D eigenvalue weighted by atomic mass is 19.1. The SMILES string of the molecule is C[C@@H](NC(=O)c1nnc(N2CCN(c3ccccc3F)CC2)c2ccccc12)c1ccccc1. The fourth-order valence-corrected chi connectivity index (χ4v) is 4.45. The molecule has 0 spiro atoms. The number of nitrogens with one attached hydrogen (secondary N) is 1. The highest BCUT2D eigenvalue weighted by molar-refractivity contribution is 6.07. The second-order valence-corrected chi connectivity index (χ2v) is 8.45. The van der Waals surface area contributed by atoms with Crippen molar-refractivity contribution in [2.75, 3.05) is 36.0 Å². The quantitative estimate of drug-likeness (QED) is 0.477. The number of aromatic nitrogens is 2. The molecule has 1 amide bonds. The van der Waals surface area contributed by atoms with Crippen LogP contribution in [0.1, 0.15) is 29.0 Å². The Balaban J connectivity index is 1.37. The van der Waals surface area contributed by atoms with Gasteiger partial charge in [0.15, 0.2) is 11.5 Å². The highest BCUT2D eigenvalue weighted by Crippen LogP contribution is 2.28. The monoisotopic (exact) mass is 455 g/mol. The maximum Gasteiger partial charge on any atom is 0.272 e. The summed E-state index contributed by atoms with van der Waals surface area (Å²) in [5.41, 5.74) is 1.96. The lowest BCUT2D eigenvalue weighted by molar-refractivity contribution is 0.0935. The van der Waals surface area contributed by atoms with Crippen molar-refractivity contribution in [3.05, 3.63) is 95.9 Å². The predicted octanol–water partition coefficient (Wildman–Crippen LogP) is 4.59. The summed E-state index contributed by atoms with van der Waals surface area (Å²) in [5.74, 6) is 0.286. The average molecular weight is 456 g/mol. The van der Waals surface area contributed by atoms with E-state index >= 15 is 0 Å². The van der Waals surface area contributed by atoms with E-state index in [1.54, 1.807) is 6.07 Å². The van der Waals surface area contributed by atoms with Gasteiger partial charge in [0.05, 0.1) is 11.7 Å². The number of rotatable bonds is 5. The Morgan fingerprint density at radius 1 is 0.824 bits per heavy atom. The molecule has 34 heavy (non-hydrogen) atoms. The number of anilines is 2. The minimum atomic E-state index is -0.254. The highest BCUT2D eigenvalue weighted by Gasteiger charge is 2.24. The summed E-state index contributed by atoms with van der Waals surface area (Å²) in [6.07, 6.45) is 0. The minimum Gasteiger partial charge on any atom is -0.366 e. The Morgan fingerprint density at radius 2 is 1.44 bits per heavy atom. The van der Waals surface area contributed by atoms with Gasteiger partial charge in [-0.2, -0.15) is 0 Å². The van der Waals surface area contributed by atoms with Crippen molar-refractivity contribution in [3.63, 3.8) is 0 Å². The molecule has 2 heterocycles. The van der Waals surface area contributed by atoms with E-state index in [2.05, 4.69) is 20.4 Å². The van der Waals surface area contributed by atoms with Crippen LogP contribution in [0, 0.1) is 5.82 Å². The topological polar surface area (TPSA) is 61.4 Å². The van der Waals surface area contributed by atoms with Gasteiger partial charge in [0.1, 0.15) is 5.82 Å². The predicted molar refractivity (Wildman–Crippen MR) is 133 cm³/mol. The van der Waals surface area contributed by atoms with Crippen molar-refractivity contribution in [1.29, 1.82) is 0 Å². The normalized spacial score (nSPS) is 14.8. The molecule has 0 unspecified atom stereocenters. The minimum absolute atomic E-state index is 0.152. The number of hydrogen-bond donors (Lipinski definition) is 1. The van der Waals surface area contributed by atoms with Crippen LogP contribution in [0.3, 0.4) is 0 Å². The molecule has 172 valence electrons. The van der Waals surface area contributed by atoms with Crippen LogP contribution in [-0.2, 0) is 0 Å². The van der Waals surface area contributed by atoms with Gasteiger partial charge < -0.3 is 15.1 Å². The van der Waals surface area contributed by atoms with Gasteiger partial charge in [0, 0.05) is 37.0 Å². The molecule has 1 atom stereocenters. The molecule has 1 aliphatic rings. The lowest BCUT2D eigenvalue weighted by atomic mass is 10.1. The Hall–Kier alpha value is -4.00. The summed E-state index contributed by atoms with van der Waals surface area (Å²) >= 11 is 0. The molecule has 0 bridgehead atoms. The Morgan fingerprint density at radius 3 is 2.18 bits per heavy atom. The third-order valence-corrected chi connectivity index (χ3v) is 6.30. The summed E-state index contributed by atoms with van der Waals surface area (Å²) < 4.78 is 14.2. The second-order valence-electron chi connectivity index (χ2n) is 8.45. The summed E-state index contributed by atoms with van der Waals surface area (Å²) in [5, 5.41) is 13.5. The van der Waals surface area contributed by atoms with Crippen LogP contribution >= 0.6 is 0 Å². The van der Waals surface area contributed by atoms with E-state index in [9.17, 15) is 9.18 Å². The van der Waals surface area contributed by atoms with Crippen molar-refractivity contribution in [2.24, 2.45) is 0 Å². The fraction of sp³-hybridized carbons (Fsp3) is 0.222. The van der Waals surface area contributed by atoms with Gasteiger partial charge in [-0.1, -0.05) is 66.7 Å². The molecular weight excluding hydrogens is 429 g/mol. The molecule has 6 nitrogen and oxygen atoms in total. The van der Waals surface area contributed by atoms with Crippen molar-refractivity contribution in [3.8, 4) is 0 Å². The molecule has 1 fully saturated rings. The van der Waals surface area contributed by atoms with Crippen LogP contribution < -0.4 is 15.1 Å². The molecule has 5 rings (SSSR count). The maximum absolute atomic E-state index is 14.2. The largest absolute Gasteiger partial charge is 0.366 e. The number of hydrogen-bond acceptors (Lipinski definition) is 5. The third kappa shape index (κ3) is 4.29. The third-order valence-electron chi connectivity index (χ3n) is 6.30. The number of carbonyl (C=O) groups is 1. The number of halogens is 1. The number of para-hydroxylation sites is 1. The van der Waals surface area contributed by atoms with E-state index in [4.69, 9.17) is 0 Å². The molecule has 1 N–H and O–H groups in total. The molecule has 0 radical (unpaired) electrons. The first-order valence-corrected chi connectivity index (χ1v) is 11.5. The van der Waals surface area contributed by atoms with E-state index in [1.165, 1.54) is 6.07 Å². The van der Waals surface area contributed by atoms with Crippen molar-refractivity contribution >= 4 is 28.2 Å². The van der Waals surface area contributed by atoms with Crippen molar-refractivity contribution in [2.45, 2.75) is 13.0 Å². The van der Waals surface area contributed by atoms with Crippen LogP contribution in [0.4, 0.5) is 15.9 Å². The zero-order chi connectivity index (χ0) is 23.5. The van der Waals surface area contributed by atoms with Gasteiger partial charge >= 0.3 is 0 Å². The summed E-state index contributed by atoms with van der Waals surface area (Å²) in [6, 6.07) is 24.3. The summed E-state index contributed by atoms with van der Waals surface area (Å²) in [6.45, 7) is 4.67. The number of nitrogens with zero attached hydrogens (tertiary/aromatic N) is 4. The van der Waals surface area contributed by atoms with E-state index in [-0.39, 0.29) is 17.8 Å². The summed E-state index contributed by atoms with van der Waals surface area (Å²) in [4.78, 5) is 17.3. The Labute approximate surface area is 198 Å². The van der Waals surface area contributed by atoms with E-state index in [0.717, 1.165) is 22.2 Å². The van der Waals surface area contributed by atoms with Crippen molar-refractivity contribution in [1.82, 2.24) is 15.5 Å². The molecule has 1 saturated heterocycles. The molecule has 0 saturated carbocycles. The molecule has 1 aliphatic heterocycles. The van der Waals surface area contributed by atoms with E-state index < -0.39 is 0 Å². The maximum atomic E-state index is 14.2. The van der Waals surface area contributed by atoms with Crippen LogP contribution in [0.2, 0.25) is 0 Å². The zero-order valence-electron chi connectivity index (χ0n) is 19.0. The lowest BCUT2D eigenvalue weighted by Gasteiger charge is -2.37. The van der Waals surface area contributed by atoms with E-state index in [1.807, 2.05) is 78.6 Å². The molecule has 3 aromatic carbocycles. The van der Waals surface area contributed by atoms with E-state index in [0.29, 0.717) is 37.6 Å². The lowest BCUT2D eigenvalue weighted by Crippen LogP contribution is -2.47. The first kappa shape index (κ1) is 21.8. The van der Waals surface area contributed by atoms with Gasteiger partial charge in [0.2, 0.25) is 0 Å². The van der Waals surface area contributed by atoms with Gasteiger partial charge in [-0.05, 0) is 24.6 Å². The van der Waals surface area contributed by atoms with Gasteiger partial charge in [-0.3, -0.25) is 4.79 Å². The first-order valence-electron chi connectivity index (χ1n) is 11.5. The second kappa shape index (κ2) is 9.47. The average Bonchev–Trinajstić information content (AvgIpc) is 2.89. The Kier molecular flexibility index (Phi) is 6.08. The standard InChI is InChI=1S/C27H26FN5O/c1-19(20-9-3-2-4-10-20)29-27(34)25-21-11-5-6-12-22(21)26(31-30-25)33-17-15-32(16-18-33)24-14-8-7-13-23(24)28/h2-14,19H,15-18H2,1H3,(H,29,34)/t19-/m1/s1. The van der Waals surface area contributed by atoms with Crippen LogP contribution in [0.15, 0.2) is 78.9 Å². The molecule has 0 aliphatic carbocycles. The van der Waals surface area contributed by atoms with Crippen LogP contribution in [0.25, 0.3) is 10.8 Å². The summed E-state index contributed by atoms with van der Waals surface area (Å²) in [7, 11) is 0. The molecular formula is C27H26FN5O. The van der Waals surface area contributed by atoms with Crippen molar-refractivity contribution < 1.29 is 9.18 Å². The fourth-order valence-electron chi connectivity index (χ4n) is 4.45. The molecule has 7 heteroatoms. The number of amides is 1. The van der Waals surface area contributed by atoms with Crippen LogP contribution in [-0.4, -0.2) is 42.3 Å². The number of fused-ring (bicyclic) bond motifs is 1. The van der Waals surface area contributed by atoms with Gasteiger partial charge in [0.25, 0.3) is 5.91 Å². The number of carbonyl (C=O) groups excluding carboxylic acids is 1.